The Bertz CT molecular complexity index is 1150. The molecule has 2 N–H and O–H groups in total. The van der Waals surface area contributed by atoms with Crippen LogP contribution < -0.4 is 10.6 Å². The average Bonchev–Trinajstić information content (AvgIpc) is 3.55. The van der Waals surface area contributed by atoms with E-state index in [1.807, 2.05) is 18.7 Å². The van der Waals surface area contributed by atoms with Gasteiger partial charge in [-0.15, -0.1) is 0 Å². The van der Waals surface area contributed by atoms with Crippen molar-refractivity contribution in [2.45, 2.75) is 76.3 Å². The molecule has 2 fully saturated rings. The first-order valence-corrected chi connectivity index (χ1v) is 11.9. The Morgan fingerprint density at radius 1 is 1.06 bits per heavy atom. The fraction of sp³-hybridized carbons (Fsp3) is 0.480. The molecule has 2 aromatic rings. The van der Waals surface area contributed by atoms with Crippen LogP contribution in [0, 0.1) is 0 Å². The van der Waals surface area contributed by atoms with Gasteiger partial charge < -0.3 is 15.5 Å². The van der Waals surface area contributed by atoms with Gasteiger partial charge in [0.25, 0.3) is 11.8 Å². The summed E-state index contributed by atoms with van der Waals surface area (Å²) in [6.45, 7) is 5.77. The van der Waals surface area contributed by atoms with Crippen molar-refractivity contribution in [1.82, 2.24) is 25.5 Å². The molecule has 0 radical (unpaired) electrons. The maximum Gasteiger partial charge on any atom is 0.417 e. The third-order valence-corrected chi connectivity index (χ3v) is 6.88. The molecule has 36 heavy (non-hydrogen) atoms. The van der Waals surface area contributed by atoms with Gasteiger partial charge in [0.15, 0.2) is 0 Å². The first-order chi connectivity index (χ1) is 16.9. The van der Waals surface area contributed by atoms with E-state index in [1.165, 1.54) is 6.20 Å². The number of aromatic nitrogens is 2. The first-order valence-electron chi connectivity index (χ1n) is 11.9. The third-order valence-electron chi connectivity index (χ3n) is 6.88. The van der Waals surface area contributed by atoms with Crippen molar-refractivity contribution in [2.75, 3.05) is 0 Å². The van der Waals surface area contributed by atoms with E-state index in [2.05, 4.69) is 20.6 Å². The standard InChI is InChI=1S/C25H28F3N5O3/c1-14-4-5-15(2)33(14)22(35)17-6-7-20(30-12-17)16(3)31-23(36)24(8-9-24)32-21(34)18-10-19(13-29-11-18)25(26,27)28/h6-7,10-16H,4-5,8-9H2,1-3H3,(H,31,36)(H,32,34). The Hall–Kier alpha value is -3.50. The van der Waals surface area contributed by atoms with Crippen molar-refractivity contribution in [3.63, 3.8) is 0 Å². The molecule has 3 heterocycles. The molecule has 8 nitrogen and oxygen atoms in total. The fourth-order valence-electron chi connectivity index (χ4n) is 4.48. The zero-order valence-corrected chi connectivity index (χ0v) is 20.2. The highest BCUT2D eigenvalue weighted by molar-refractivity contribution is 6.00. The van der Waals surface area contributed by atoms with Crippen LogP contribution in [0.5, 0.6) is 0 Å². The lowest BCUT2D eigenvalue weighted by Gasteiger charge is -2.26. The van der Waals surface area contributed by atoms with Gasteiger partial charge in [0.1, 0.15) is 5.54 Å². The second-order valence-electron chi connectivity index (χ2n) is 9.65. The van der Waals surface area contributed by atoms with Gasteiger partial charge in [-0.3, -0.25) is 24.4 Å². The molecule has 3 atom stereocenters. The van der Waals surface area contributed by atoms with Crippen LogP contribution >= 0.6 is 0 Å². The van der Waals surface area contributed by atoms with Crippen molar-refractivity contribution in [3.05, 3.63) is 59.2 Å². The third kappa shape index (κ3) is 5.19. The summed E-state index contributed by atoms with van der Waals surface area (Å²) in [6, 6.07) is 3.88. The van der Waals surface area contributed by atoms with Gasteiger partial charge in [-0.05, 0) is 64.7 Å². The van der Waals surface area contributed by atoms with Crippen LogP contribution in [0.25, 0.3) is 0 Å². The zero-order valence-electron chi connectivity index (χ0n) is 20.2. The van der Waals surface area contributed by atoms with Crippen LogP contribution in [0.1, 0.15) is 84.5 Å². The second-order valence-corrected chi connectivity index (χ2v) is 9.65. The quantitative estimate of drug-likeness (QED) is 0.626. The van der Waals surface area contributed by atoms with Gasteiger partial charge in [0.05, 0.1) is 28.4 Å². The summed E-state index contributed by atoms with van der Waals surface area (Å²) in [5.41, 5.74) is -1.51. The van der Waals surface area contributed by atoms with Crippen molar-refractivity contribution in [2.24, 2.45) is 0 Å². The summed E-state index contributed by atoms with van der Waals surface area (Å²) >= 11 is 0. The van der Waals surface area contributed by atoms with E-state index in [-0.39, 0.29) is 23.6 Å². The Morgan fingerprint density at radius 2 is 1.72 bits per heavy atom. The fourth-order valence-corrected chi connectivity index (χ4v) is 4.48. The topological polar surface area (TPSA) is 104 Å². The molecular formula is C25H28F3N5O3. The van der Waals surface area contributed by atoms with Crippen LogP contribution in [0.3, 0.4) is 0 Å². The summed E-state index contributed by atoms with van der Waals surface area (Å²) in [5, 5.41) is 5.36. The molecule has 11 heteroatoms. The van der Waals surface area contributed by atoms with E-state index in [0.29, 0.717) is 36.4 Å². The van der Waals surface area contributed by atoms with Crippen LogP contribution in [-0.2, 0) is 11.0 Å². The Kier molecular flexibility index (Phi) is 6.76. The number of nitrogens with one attached hydrogen (secondary N) is 2. The van der Waals surface area contributed by atoms with Crippen molar-refractivity contribution in [1.29, 1.82) is 0 Å². The molecule has 2 aromatic heterocycles. The van der Waals surface area contributed by atoms with Crippen molar-refractivity contribution < 1.29 is 27.6 Å². The number of pyridine rings is 2. The van der Waals surface area contributed by atoms with Gasteiger partial charge >= 0.3 is 6.18 Å². The lowest BCUT2D eigenvalue weighted by atomic mass is 10.1. The largest absolute Gasteiger partial charge is 0.417 e. The molecule has 2 aliphatic rings. The van der Waals surface area contributed by atoms with E-state index < -0.39 is 35.1 Å². The van der Waals surface area contributed by atoms with Gasteiger partial charge in [-0.25, -0.2) is 0 Å². The number of alkyl halides is 3. The average molecular weight is 504 g/mol. The number of amides is 3. The second kappa shape index (κ2) is 9.51. The highest BCUT2D eigenvalue weighted by atomic mass is 19.4. The van der Waals surface area contributed by atoms with E-state index in [4.69, 9.17) is 0 Å². The van der Waals surface area contributed by atoms with Crippen LogP contribution in [0.4, 0.5) is 13.2 Å². The zero-order chi connectivity index (χ0) is 26.3. The minimum atomic E-state index is -4.63. The summed E-state index contributed by atoms with van der Waals surface area (Å²) in [5.74, 6) is -1.34. The number of hydrogen-bond acceptors (Lipinski definition) is 5. The molecule has 192 valence electrons. The predicted molar refractivity (Wildman–Crippen MR) is 124 cm³/mol. The number of carbonyl (C=O) groups is 3. The number of nitrogens with zero attached hydrogens (tertiary/aromatic N) is 3. The molecular weight excluding hydrogens is 475 g/mol. The molecule has 0 bridgehead atoms. The highest BCUT2D eigenvalue weighted by Gasteiger charge is 2.51. The minimum absolute atomic E-state index is 0.0769. The van der Waals surface area contributed by atoms with Crippen molar-refractivity contribution in [3.8, 4) is 0 Å². The molecule has 1 saturated carbocycles. The monoisotopic (exact) mass is 503 g/mol. The Labute approximate surface area is 206 Å². The smallest absolute Gasteiger partial charge is 0.346 e. The van der Waals surface area contributed by atoms with E-state index >= 15 is 0 Å². The normalized spacial score (nSPS) is 21.6. The minimum Gasteiger partial charge on any atom is -0.346 e. The predicted octanol–water partition coefficient (Wildman–Crippen LogP) is 3.65. The molecule has 1 saturated heterocycles. The van der Waals surface area contributed by atoms with Crippen LogP contribution in [0.2, 0.25) is 0 Å². The molecule has 1 aliphatic heterocycles. The lowest BCUT2D eigenvalue weighted by Crippen LogP contribution is -2.49. The summed E-state index contributed by atoms with van der Waals surface area (Å²) in [6.07, 6.45) is 1.16. The molecule has 1 aliphatic carbocycles. The number of carbonyl (C=O) groups excluding carboxylic acids is 3. The number of hydrogen-bond donors (Lipinski definition) is 2. The highest BCUT2D eigenvalue weighted by Crippen LogP contribution is 2.37. The van der Waals surface area contributed by atoms with Gasteiger partial charge in [-0.2, -0.15) is 13.2 Å². The summed E-state index contributed by atoms with van der Waals surface area (Å²) < 4.78 is 38.8. The first kappa shape index (κ1) is 25.6. The number of halogens is 3. The molecule has 0 aromatic carbocycles. The lowest BCUT2D eigenvalue weighted by molar-refractivity contribution is -0.137. The van der Waals surface area contributed by atoms with Gasteiger partial charge in [-0.1, -0.05) is 0 Å². The summed E-state index contributed by atoms with van der Waals surface area (Å²) in [7, 11) is 0. The summed E-state index contributed by atoms with van der Waals surface area (Å²) in [4.78, 5) is 48.0. The molecule has 0 spiro atoms. The number of likely N-dealkylation sites (tertiary alicyclic amines) is 1. The van der Waals surface area contributed by atoms with Crippen molar-refractivity contribution >= 4 is 17.7 Å². The Morgan fingerprint density at radius 3 is 2.28 bits per heavy atom. The molecule has 3 amide bonds. The Balaban J connectivity index is 1.38. The number of rotatable bonds is 6. The van der Waals surface area contributed by atoms with Crippen LogP contribution in [0.15, 0.2) is 36.8 Å². The SMILES string of the molecule is CC(NC(=O)C1(NC(=O)c2cncc(C(F)(F)F)c2)CC1)c1ccc(C(=O)N2C(C)CCC2C)cn1. The van der Waals surface area contributed by atoms with Gasteiger partial charge in [0.2, 0.25) is 5.91 Å². The van der Waals surface area contributed by atoms with Crippen LogP contribution in [-0.4, -0.2) is 50.2 Å². The van der Waals surface area contributed by atoms with E-state index in [9.17, 15) is 27.6 Å². The molecule has 4 rings (SSSR count). The van der Waals surface area contributed by atoms with E-state index in [1.54, 1.807) is 19.1 Å². The van der Waals surface area contributed by atoms with Gasteiger partial charge in [0, 0.05) is 30.7 Å². The van der Waals surface area contributed by atoms with E-state index in [0.717, 1.165) is 19.0 Å². The molecule has 3 unspecified atom stereocenters. The maximum absolute atomic E-state index is 12.9. The maximum atomic E-state index is 12.9.